The van der Waals surface area contributed by atoms with Gasteiger partial charge in [-0.15, -0.1) is 0 Å². The summed E-state index contributed by atoms with van der Waals surface area (Å²) in [6, 6.07) is 16.8. The molecular formula is C23H31FN2O3S. The van der Waals surface area contributed by atoms with E-state index in [2.05, 4.69) is 29.4 Å². The monoisotopic (exact) mass is 434 g/mol. The molecule has 5 nitrogen and oxygen atoms in total. The van der Waals surface area contributed by atoms with E-state index in [1.54, 1.807) is 12.1 Å². The van der Waals surface area contributed by atoms with Crippen molar-refractivity contribution < 1.29 is 17.0 Å². The molecule has 1 aliphatic heterocycles. The van der Waals surface area contributed by atoms with Gasteiger partial charge in [0.1, 0.15) is 5.82 Å². The summed E-state index contributed by atoms with van der Waals surface area (Å²) in [7, 11) is -1.51. The lowest BCUT2D eigenvalue weighted by molar-refractivity contribution is 0.0409. The van der Waals surface area contributed by atoms with Crippen LogP contribution in [0.4, 0.5) is 4.39 Å². The van der Waals surface area contributed by atoms with Crippen LogP contribution < -0.4 is 5.32 Å². The molecule has 0 saturated carbocycles. The standard InChI is InChI=1S/C23H31FN2O3S/c1-26(17-19-6-4-3-5-7-19)22-14-15-25-16-21(22)23(29-30(2,27)28)13-10-18-8-11-20(24)12-9-18/h3-9,11-12,21-23,25H,10,13-17H2,1-2H3. The molecule has 0 radical (unpaired) electrons. The van der Waals surface area contributed by atoms with E-state index in [0.717, 1.165) is 31.3 Å². The maximum atomic E-state index is 13.2. The first kappa shape index (κ1) is 22.9. The highest BCUT2D eigenvalue weighted by Crippen LogP contribution is 2.27. The molecular weight excluding hydrogens is 403 g/mol. The van der Waals surface area contributed by atoms with E-state index < -0.39 is 16.2 Å². The average Bonchev–Trinajstić information content (AvgIpc) is 2.72. The highest BCUT2D eigenvalue weighted by molar-refractivity contribution is 7.86. The van der Waals surface area contributed by atoms with Gasteiger partial charge in [0, 0.05) is 25.0 Å². The molecule has 1 heterocycles. The number of benzene rings is 2. The Morgan fingerprint density at radius 2 is 1.83 bits per heavy atom. The molecule has 2 aromatic carbocycles. The Bertz CT molecular complexity index is 890. The molecule has 1 N–H and O–H groups in total. The predicted molar refractivity (Wildman–Crippen MR) is 117 cm³/mol. The molecule has 1 fully saturated rings. The van der Waals surface area contributed by atoms with Crippen LogP contribution in [-0.4, -0.2) is 51.9 Å². The summed E-state index contributed by atoms with van der Waals surface area (Å²) in [6.07, 6.45) is 2.78. The molecule has 3 unspecified atom stereocenters. The smallest absolute Gasteiger partial charge is 0.264 e. The van der Waals surface area contributed by atoms with E-state index in [9.17, 15) is 12.8 Å². The van der Waals surface area contributed by atoms with Crippen LogP contribution in [0.1, 0.15) is 24.0 Å². The summed E-state index contributed by atoms with van der Waals surface area (Å²) in [5.74, 6) is -0.246. The van der Waals surface area contributed by atoms with Crippen LogP contribution in [0.2, 0.25) is 0 Å². The van der Waals surface area contributed by atoms with Crippen molar-refractivity contribution in [1.29, 1.82) is 0 Å². The fraction of sp³-hybridized carbons (Fsp3) is 0.478. The first-order valence-corrected chi connectivity index (χ1v) is 12.2. The number of halogens is 1. The molecule has 0 aromatic heterocycles. The number of piperidine rings is 1. The second-order valence-corrected chi connectivity index (χ2v) is 9.73. The summed E-state index contributed by atoms with van der Waals surface area (Å²) in [5.41, 5.74) is 2.20. The van der Waals surface area contributed by atoms with Crippen molar-refractivity contribution in [2.24, 2.45) is 5.92 Å². The highest BCUT2D eigenvalue weighted by Gasteiger charge is 2.36. The Hall–Kier alpha value is -1.80. The molecule has 0 aliphatic carbocycles. The largest absolute Gasteiger partial charge is 0.316 e. The van der Waals surface area contributed by atoms with E-state index in [-0.39, 0.29) is 17.8 Å². The molecule has 1 saturated heterocycles. The van der Waals surface area contributed by atoms with Crippen molar-refractivity contribution in [3.8, 4) is 0 Å². The quantitative estimate of drug-likeness (QED) is 0.614. The van der Waals surface area contributed by atoms with Crippen molar-refractivity contribution in [3.63, 3.8) is 0 Å². The van der Waals surface area contributed by atoms with E-state index in [1.807, 2.05) is 18.2 Å². The second kappa shape index (κ2) is 10.5. The van der Waals surface area contributed by atoms with Crippen molar-refractivity contribution >= 4 is 10.1 Å². The van der Waals surface area contributed by atoms with Crippen LogP contribution in [0.15, 0.2) is 54.6 Å². The fourth-order valence-electron chi connectivity index (χ4n) is 4.30. The average molecular weight is 435 g/mol. The number of nitrogens with one attached hydrogen (secondary N) is 1. The summed E-state index contributed by atoms with van der Waals surface area (Å²) >= 11 is 0. The molecule has 7 heteroatoms. The number of hydrogen-bond acceptors (Lipinski definition) is 5. The Morgan fingerprint density at radius 1 is 1.13 bits per heavy atom. The van der Waals surface area contributed by atoms with Crippen LogP contribution in [0.5, 0.6) is 0 Å². The molecule has 164 valence electrons. The van der Waals surface area contributed by atoms with Crippen molar-refractivity contribution in [3.05, 3.63) is 71.5 Å². The zero-order valence-corrected chi connectivity index (χ0v) is 18.4. The normalized spacial score (nSPS) is 20.9. The summed E-state index contributed by atoms with van der Waals surface area (Å²) in [5, 5.41) is 3.40. The molecule has 2 aromatic rings. The Kier molecular flexibility index (Phi) is 7.99. The van der Waals surface area contributed by atoms with Crippen molar-refractivity contribution in [2.45, 2.75) is 38.0 Å². The van der Waals surface area contributed by atoms with Crippen LogP contribution in [0, 0.1) is 11.7 Å². The number of aryl methyl sites for hydroxylation is 1. The second-order valence-electron chi connectivity index (χ2n) is 8.13. The maximum Gasteiger partial charge on any atom is 0.264 e. The van der Waals surface area contributed by atoms with Gasteiger partial charge in [0.2, 0.25) is 0 Å². The third-order valence-corrected chi connectivity index (χ3v) is 6.34. The van der Waals surface area contributed by atoms with Gasteiger partial charge in [-0.2, -0.15) is 8.42 Å². The number of nitrogens with zero attached hydrogens (tertiary/aromatic N) is 1. The highest BCUT2D eigenvalue weighted by atomic mass is 32.2. The first-order valence-electron chi connectivity index (χ1n) is 10.4. The third-order valence-electron chi connectivity index (χ3n) is 5.74. The minimum absolute atomic E-state index is 0.0302. The SMILES string of the molecule is CN(Cc1ccccc1)C1CCNCC1C(CCc1ccc(F)cc1)OS(C)(=O)=O. The van der Waals surface area contributed by atoms with Gasteiger partial charge in [-0.1, -0.05) is 42.5 Å². The lowest BCUT2D eigenvalue weighted by Crippen LogP contribution is -2.53. The van der Waals surface area contributed by atoms with E-state index in [0.29, 0.717) is 19.4 Å². The number of rotatable bonds is 9. The Labute approximate surface area is 179 Å². The Morgan fingerprint density at radius 3 is 2.50 bits per heavy atom. The van der Waals surface area contributed by atoms with Gasteiger partial charge in [-0.25, -0.2) is 4.39 Å². The minimum atomic E-state index is -3.60. The molecule has 0 spiro atoms. The van der Waals surface area contributed by atoms with Gasteiger partial charge in [0.25, 0.3) is 10.1 Å². The zero-order chi connectivity index (χ0) is 21.6. The van der Waals surface area contributed by atoms with Gasteiger partial charge in [-0.3, -0.25) is 9.08 Å². The molecule has 30 heavy (non-hydrogen) atoms. The molecule has 3 atom stereocenters. The molecule has 1 aliphatic rings. The topological polar surface area (TPSA) is 58.6 Å². The lowest BCUT2D eigenvalue weighted by atomic mass is 9.85. The van der Waals surface area contributed by atoms with Gasteiger partial charge in [0.05, 0.1) is 12.4 Å². The summed E-state index contributed by atoms with van der Waals surface area (Å²) in [6.45, 7) is 2.39. The molecule has 0 bridgehead atoms. The molecule has 0 amide bonds. The third kappa shape index (κ3) is 6.87. The van der Waals surface area contributed by atoms with Gasteiger partial charge >= 0.3 is 0 Å². The van der Waals surface area contributed by atoms with Crippen LogP contribution in [0.3, 0.4) is 0 Å². The Balaban J connectivity index is 1.75. The van der Waals surface area contributed by atoms with Crippen molar-refractivity contribution in [2.75, 3.05) is 26.4 Å². The van der Waals surface area contributed by atoms with Gasteiger partial charge < -0.3 is 5.32 Å². The van der Waals surface area contributed by atoms with Gasteiger partial charge in [-0.05, 0) is 56.1 Å². The van der Waals surface area contributed by atoms with E-state index in [1.165, 1.54) is 17.7 Å². The lowest BCUT2D eigenvalue weighted by Gasteiger charge is -2.41. The summed E-state index contributed by atoms with van der Waals surface area (Å²) < 4.78 is 42.8. The van der Waals surface area contributed by atoms with Crippen LogP contribution in [-0.2, 0) is 27.3 Å². The minimum Gasteiger partial charge on any atom is -0.316 e. The predicted octanol–water partition coefficient (Wildman–Crippen LogP) is 3.21. The van der Waals surface area contributed by atoms with Crippen LogP contribution in [0.25, 0.3) is 0 Å². The maximum absolute atomic E-state index is 13.2. The fourth-order valence-corrected chi connectivity index (χ4v) is 4.99. The number of hydrogen-bond donors (Lipinski definition) is 1. The van der Waals surface area contributed by atoms with Crippen molar-refractivity contribution in [1.82, 2.24) is 10.2 Å². The van der Waals surface area contributed by atoms with E-state index >= 15 is 0 Å². The first-order chi connectivity index (χ1) is 14.3. The summed E-state index contributed by atoms with van der Waals surface area (Å²) in [4.78, 5) is 2.30. The zero-order valence-electron chi connectivity index (χ0n) is 17.6. The van der Waals surface area contributed by atoms with E-state index in [4.69, 9.17) is 4.18 Å². The van der Waals surface area contributed by atoms with Crippen LogP contribution >= 0.6 is 0 Å². The van der Waals surface area contributed by atoms with Gasteiger partial charge in [0.15, 0.2) is 0 Å². The molecule has 3 rings (SSSR count).